The maximum absolute atomic E-state index is 9.58. The zero-order valence-corrected chi connectivity index (χ0v) is 15.3. The van der Waals surface area contributed by atoms with Gasteiger partial charge in [-0.15, -0.1) is 0 Å². The number of rotatable bonds is 9. The van der Waals surface area contributed by atoms with Gasteiger partial charge in [0.2, 0.25) is 5.95 Å². The van der Waals surface area contributed by atoms with Crippen LogP contribution in [-0.2, 0) is 6.54 Å². The fourth-order valence-corrected chi connectivity index (χ4v) is 2.90. The second-order valence-electron chi connectivity index (χ2n) is 6.31. The van der Waals surface area contributed by atoms with E-state index in [9.17, 15) is 5.11 Å². The van der Waals surface area contributed by atoms with E-state index in [2.05, 4.69) is 39.4 Å². The monoisotopic (exact) mass is 354 g/mol. The van der Waals surface area contributed by atoms with E-state index in [0.717, 1.165) is 42.7 Å². The predicted molar refractivity (Wildman–Crippen MR) is 105 cm³/mol. The molecular formula is C19H26N6O. The molecule has 3 rings (SSSR count). The van der Waals surface area contributed by atoms with Gasteiger partial charge < -0.3 is 20.3 Å². The fourth-order valence-electron chi connectivity index (χ4n) is 2.90. The summed E-state index contributed by atoms with van der Waals surface area (Å²) in [5, 5.41) is 16.2. The average molecular weight is 354 g/mol. The van der Waals surface area contributed by atoms with E-state index in [4.69, 9.17) is 0 Å². The summed E-state index contributed by atoms with van der Waals surface area (Å²) in [5.41, 5.74) is 2.47. The second kappa shape index (κ2) is 8.62. The molecule has 0 fully saturated rings. The number of aliphatic hydroxyl groups excluding tert-OH is 1. The van der Waals surface area contributed by atoms with E-state index in [1.165, 1.54) is 0 Å². The lowest BCUT2D eigenvalue weighted by atomic mass is 10.2. The Balaban J connectivity index is 2.00. The molecule has 0 saturated carbocycles. The van der Waals surface area contributed by atoms with Gasteiger partial charge in [-0.1, -0.05) is 38.5 Å². The summed E-state index contributed by atoms with van der Waals surface area (Å²) in [6, 6.07) is 9.82. The van der Waals surface area contributed by atoms with Gasteiger partial charge in [-0.2, -0.15) is 9.97 Å². The van der Waals surface area contributed by atoms with Crippen molar-refractivity contribution in [3.05, 3.63) is 36.7 Å². The number of para-hydroxylation sites is 1. The van der Waals surface area contributed by atoms with Crippen molar-refractivity contribution in [1.29, 1.82) is 0 Å². The van der Waals surface area contributed by atoms with Crippen molar-refractivity contribution < 1.29 is 5.11 Å². The molecule has 26 heavy (non-hydrogen) atoms. The molecule has 0 radical (unpaired) electrons. The number of aliphatic hydroxyl groups is 1. The average Bonchev–Trinajstić information content (AvgIpc) is 3.06. The number of imidazole rings is 1. The molecule has 0 spiro atoms. The molecular weight excluding hydrogens is 328 g/mol. The number of nitrogens with one attached hydrogen (secondary N) is 2. The van der Waals surface area contributed by atoms with Gasteiger partial charge in [-0.3, -0.25) is 0 Å². The van der Waals surface area contributed by atoms with E-state index in [0.29, 0.717) is 11.8 Å². The molecule has 3 N–H and O–H groups in total. The zero-order chi connectivity index (χ0) is 18.4. The van der Waals surface area contributed by atoms with E-state index < -0.39 is 0 Å². The first-order valence-corrected chi connectivity index (χ1v) is 9.17. The lowest BCUT2D eigenvalue weighted by Gasteiger charge is -2.16. The first-order valence-electron chi connectivity index (χ1n) is 9.17. The summed E-state index contributed by atoms with van der Waals surface area (Å²) in [6.45, 7) is 5.10. The fraction of sp³-hybridized carbons (Fsp3) is 0.421. The Labute approximate surface area is 153 Å². The third-order valence-corrected chi connectivity index (χ3v) is 4.16. The number of fused-ring (bicyclic) bond motifs is 1. The number of nitrogens with zero attached hydrogens (tertiary/aromatic N) is 4. The van der Waals surface area contributed by atoms with Crippen LogP contribution in [0.3, 0.4) is 0 Å². The Morgan fingerprint density at radius 2 is 1.92 bits per heavy atom. The second-order valence-corrected chi connectivity index (χ2v) is 6.31. The van der Waals surface area contributed by atoms with Crippen LogP contribution in [0.2, 0.25) is 0 Å². The largest absolute Gasteiger partial charge is 0.394 e. The molecule has 0 amide bonds. The van der Waals surface area contributed by atoms with Crippen molar-refractivity contribution in [1.82, 2.24) is 19.5 Å². The van der Waals surface area contributed by atoms with Crippen molar-refractivity contribution in [3.63, 3.8) is 0 Å². The van der Waals surface area contributed by atoms with Crippen molar-refractivity contribution in [2.75, 3.05) is 17.2 Å². The van der Waals surface area contributed by atoms with Gasteiger partial charge in [-0.05, 0) is 25.0 Å². The molecule has 2 aromatic heterocycles. The van der Waals surface area contributed by atoms with Crippen LogP contribution in [0, 0.1) is 0 Å². The lowest BCUT2D eigenvalue weighted by molar-refractivity contribution is 0.268. The molecule has 0 bridgehead atoms. The van der Waals surface area contributed by atoms with Crippen LogP contribution in [0.1, 0.15) is 33.1 Å². The van der Waals surface area contributed by atoms with Crippen LogP contribution in [0.15, 0.2) is 36.7 Å². The first-order chi connectivity index (χ1) is 12.7. The third-order valence-electron chi connectivity index (χ3n) is 4.16. The Morgan fingerprint density at radius 1 is 1.12 bits per heavy atom. The minimum absolute atomic E-state index is 0.0465. The molecule has 0 unspecified atom stereocenters. The predicted octanol–water partition coefficient (Wildman–Crippen LogP) is 3.55. The smallest absolute Gasteiger partial charge is 0.227 e. The SMILES string of the molecule is CCC[C@H](CO)Nc1nc(Nc2ccccc2)c2ncn(CCC)c2n1. The number of hydrogen-bond donors (Lipinski definition) is 3. The summed E-state index contributed by atoms with van der Waals surface area (Å²) in [6.07, 6.45) is 4.63. The maximum Gasteiger partial charge on any atom is 0.227 e. The molecule has 0 aliphatic carbocycles. The Morgan fingerprint density at radius 3 is 2.62 bits per heavy atom. The van der Waals surface area contributed by atoms with Gasteiger partial charge in [0.15, 0.2) is 17.0 Å². The van der Waals surface area contributed by atoms with Crippen molar-refractivity contribution in [2.45, 2.75) is 45.7 Å². The molecule has 3 aromatic rings. The summed E-state index contributed by atoms with van der Waals surface area (Å²) in [5.74, 6) is 1.16. The van der Waals surface area contributed by atoms with Crippen molar-refractivity contribution >= 4 is 28.6 Å². The summed E-state index contributed by atoms with van der Waals surface area (Å²) < 4.78 is 2.03. The van der Waals surface area contributed by atoms with Crippen LogP contribution in [0.25, 0.3) is 11.2 Å². The van der Waals surface area contributed by atoms with Crippen LogP contribution < -0.4 is 10.6 Å². The first kappa shape index (κ1) is 18.1. The van der Waals surface area contributed by atoms with Crippen LogP contribution >= 0.6 is 0 Å². The van der Waals surface area contributed by atoms with Gasteiger partial charge >= 0.3 is 0 Å². The number of hydrogen-bond acceptors (Lipinski definition) is 6. The van der Waals surface area contributed by atoms with Gasteiger partial charge in [0.05, 0.1) is 19.0 Å². The molecule has 0 saturated heterocycles. The number of aromatic nitrogens is 4. The van der Waals surface area contributed by atoms with E-state index in [1.807, 2.05) is 34.9 Å². The molecule has 7 nitrogen and oxygen atoms in total. The number of aryl methyl sites for hydroxylation is 1. The van der Waals surface area contributed by atoms with E-state index in [-0.39, 0.29) is 12.6 Å². The molecule has 0 aliphatic heterocycles. The van der Waals surface area contributed by atoms with Crippen LogP contribution in [-0.4, -0.2) is 37.3 Å². The normalized spacial score (nSPS) is 12.3. The van der Waals surface area contributed by atoms with Crippen molar-refractivity contribution in [2.24, 2.45) is 0 Å². The molecule has 7 heteroatoms. The quantitative estimate of drug-likeness (QED) is 0.545. The van der Waals surface area contributed by atoms with E-state index >= 15 is 0 Å². The molecule has 1 aromatic carbocycles. The minimum Gasteiger partial charge on any atom is -0.394 e. The maximum atomic E-state index is 9.58. The summed E-state index contributed by atoms with van der Waals surface area (Å²) in [4.78, 5) is 13.8. The van der Waals surface area contributed by atoms with Crippen molar-refractivity contribution in [3.8, 4) is 0 Å². The van der Waals surface area contributed by atoms with Gasteiger partial charge in [-0.25, -0.2) is 4.98 Å². The van der Waals surface area contributed by atoms with Crippen LogP contribution in [0.5, 0.6) is 0 Å². The number of benzene rings is 1. The Hall–Kier alpha value is -2.67. The molecule has 1 atom stereocenters. The van der Waals surface area contributed by atoms with Gasteiger partial charge in [0.1, 0.15) is 0 Å². The van der Waals surface area contributed by atoms with Crippen LogP contribution in [0.4, 0.5) is 17.5 Å². The third kappa shape index (κ3) is 4.11. The summed E-state index contributed by atoms with van der Waals surface area (Å²) in [7, 11) is 0. The zero-order valence-electron chi connectivity index (χ0n) is 15.3. The number of anilines is 3. The topological polar surface area (TPSA) is 87.9 Å². The highest BCUT2D eigenvalue weighted by Gasteiger charge is 2.15. The summed E-state index contributed by atoms with van der Waals surface area (Å²) >= 11 is 0. The molecule has 2 heterocycles. The minimum atomic E-state index is -0.0652. The molecule has 0 aliphatic rings. The van der Waals surface area contributed by atoms with Gasteiger partial charge in [0, 0.05) is 12.2 Å². The highest BCUT2D eigenvalue weighted by molar-refractivity contribution is 5.86. The van der Waals surface area contributed by atoms with Gasteiger partial charge in [0.25, 0.3) is 0 Å². The highest BCUT2D eigenvalue weighted by atomic mass is 16.3. The standard InChI is InChI=1S/C19H26N6O/c1-3-8-15(12-26)22-19-23-17(21-14-9-6-5-7-10-14)16-18(24-19)25(11-4-2)13-20-16/h5-7,9-10,13,15,26H,3-4,8,11-12H2,1-2H3,(H2,21,22,23,24)/t15-/m1/s1. The van der Waals surface area contributed by atoms with E-state index in [1.54, 1.807) is 6.33 Å². The molecule has 138 valence electrons. The highest BCUT2D eigenvalue weighted by Crippen LogP contribution is 2.24. The lowest BCUT2D eigenvalue weighted by Crippen LogP contribution is -2.25. The Kier molecular flexibility index (Phi) is 6.01. The Bertz CT molecular complexity index is 833.